The molecule has 0 bridgehead atoms. The van der Waals surface area contributed by atoms with Gasteiger partial charge in [0.05, 0.1) is 23.6 Å². The first-order valence-electron chi connectivity index (χ1n) is 7.90. The molecule has 0 radical (unpaired) electrons. The number of aromatic carboxylic acids is 1. The number of hydrogen-bond donors (Lipinski definition) is 2. The van der Waals surface area contributed by atoms with Gasteiger partial charge in [-0.05, 0) is 24.5 Å². The van der Waals surface area contributed by atoms with Gasteiger partial charge < -0.3 is 15.1 Å². The van der Waals surface area contributed by atoms with Gasteiger partial charge >= 0.3 is 12.1 Å². The van der Waals surface area contributed by atoms with Crippen LogP contribution in [0.2, 0.25) is 0 Å². The molecule has 0 unspecified atom stereocenters. The molecule has 2 heterocycles. The third kappa shape index (κ3) is 3.48. The van der Waals surface area contributed by atoms with Crippen molar-refractivity contribution >= 4 is 11.8 Å². The van der Waals surface area contributed by atoms with Gasteiger partial charge in [0.25, 0.3) is 0 Å². The van der Waals surface area contributed by atoms with E-state index in [1.165, 1.54) is 24.4 Å². The molecule has 1 aliphatic heterocycles. The number of carbonyl (C=O) groups is 1. The summed E-state index contributed by atoms with van der Waals surface area (Å²) in [5.74, 6) is -0.776. The van der Waals surface area contributed by atoms with Crippen LogP contribution in [0.1, 0.15) is 34.5 Å². The molecule has 0 spiro atoms. The van der Waals surface area contributed by atoms with E-state index in [4.69, 9.17) is 5.11 Å². The first kappa shape index (κ1) is 18.1. The predicted molar refractivity (Wildman–Crippen MR) is 85.8 cm³/mol. The molecule has 1 aliphatic rings. The quantitative estimate of drug-likeness (QED) is 0.868. The largest absolute Gasteiger partial charge is 0.476 e. The summed E-state index contributed by atoms with van der Waals surface area (Å²) in [4.78, 5) is 20.4. The average Bonchev–Trinajstić information content (AvgIpc) is 2.62. The average molecular weight is 367 g/mol. The Morgan fingerprint density at radius 1 is 1.12 bits per heavy atom. The van der Waals surface area contributed by atoms with Crippen molar-refractivity contribution in [3.63, 3.8) is 0 Å². The molecule has 3 rings (SSSR count). The molecule has 1 fully saturated rings. The number of piperidine rings is 1. The van der Waals surface area contributed by atoms with E-state index in [-0.39, 0.29) is 37.2 Å². The number of benzene rings is 1. The highest BCUT2D eigenvalue weighted by Crippen LogP contribution is 2.41. The lowest BCUT2D eigenvalue weighted by Crippen LogP contribution is -2.43. The molecule has 138 valence electrons. The zero-order valence-electron chi connectivity index (χ0n) is 13.6. The molecule has 0 amide bonds. The summed E-state index contributed by atoms with van der Waals surface area (Å²) in [7, 11) is 0. The van der Waals surface area contributed by atoms with Gasteiger partial charge in [-0.3, -0.25) is 0 Å². The fourth-order valence-electron chi connectivity index (χ4n) is 3.11. The second-order valence-corrected chi connectivity index (χ2v) is 6.13. The SMILES string of the molecule is O=C(O)c1cnc(N2CCC(O)(c3ccccc3C(F)(F)F)CC2)cn1. The Morgan fingerprint density at radius 2 is 1.77 bits per heavy atom. The summed E-state index contributed by atoms with van der Waals surface area (Å²) in [5.41, 5.74) is -2.74. The van der Waals surface area contributed by atoms with E-state index in [0.29, 0.717) is 5.82 Å². The maximum Gasteiger partial charge on any atom is 0.416 e. The van der Waals surface area contributed by atoms with E-state index in [0.717, 1.165) is 12.3 Å². The van der Waals surface area contributed by atoms with Gasteiger partial charge in [0.2, 0.25) is 0 Å². The molecule has 0 saturated carbocycles. The van der Waals surface area contributed by atoms with Crippen molar-refractivity contribution in [2.75, 3.05) is 18.0 Å². The number of hydrogen-bond acceptors (Lipinski definition) is 5. The minimum absolute atomic E-state index is 0.0858. The highest BCUT2D eigenvalue weighted by atomic mass is 19.4. The van der Waals surface area contributed by atoms with Crippen molar-refractivity contribution < 1.29 is 28.2 Å². The van der Waals surface area contributed by atoms with Crippen LogP contribution in [0.4, 0.5) is 19.0 Å². The maximum absolute atomic E-state index is 13.2. The molecular formula is C17H16F3N3O3. The summed E-state index contributed by atoms with van der Waals surface area (Å²) >= 11 is 0. The molecule has 1 aromatic heterocycles. The highest BCUT2D eigenvalue weighted by Gasteiger charge is 2.42. The van der Waals surface area contributed by atoms with Crippen molar-refractivity contribution in [3.05, 3.63) is 53.5 Å². The molecule has 0 atom stereocenters. The Kier molecular flexibility index (Phi) is 4.57. The number of halogens is 3. The summed E-state index contributed by atoms with van der Waals surface area (Å²) in [6.07, 6.45) is -1.94. The van der Waals surface area contributed by atoms with Crippen molar-refractivity contribution in [1.29, 1.82) is 0 Å². The van der Waals surface area contributed by atoms with E-state index < -0.39 is 23.3 Å². The molecule has 0 aliphatic carbocycles. The Bertz CT molecular complexity index is 801. The van der Waals surface area contributed by atoms with Crippen molar-refractivity contribution in [2.45, 2.75) is 24.6 Å². The van der Waals surface area contributed by atoms with Crippen molar-refractivity contribution in [3.8, 4) is 0 Å². The lowest BCUT2D eigenvalue weighted by molar-refractivity contribution is -0.141. The van der Waals surface area contributed by atoms with Crippen molar-refractivity contribution in [1.82, 2.24) is 9.97 Å². The number of aromatic nitrogens is 2. The van der Waals surface area contributed by atoms with Crippen LogP contribution in [0.3, 0.4) is 0 Å². The van der Waals surface area contributed by atoms with Crippen LogP contribution in [0.15, 0.2) is 36.7 Å². The Labute approximate surface area is 146 Å². The number of carboxylic acids is 1. The first-order chi connectivity index (χ1) is 12.2. The minimum Gasteiger partial charge on any atom is -0.476 e. The van der Waals surface area contributed by atoms with Crippen LogP contribution < -0.4 is 4.90 Å². The highest BCUT2D eigenvalue weighted by molar-refractivity contribution is 5.84. The number of alkyl halides is 3. The lowest BCUT2D eigenvalue weighted by Gasteiger charge is -2.39. The maximum atomic E-state index is 13.2. The molecule has 2 N–H and O–H groups in total. The van der Waals surface area contributed by atoms with Crippen LogP contribution in [0, 0.1) is 0 Å². The third-order valence-corrected chi connectivity index (χ3v) is 4.51. The van der Waals surface area contributed by atoms with Gasteiger partial charge in [-0.25, -0.2) is 14.8 Å². The fourth-order valence-corrected chi connectivity index (χ4v) is 3.11. The summed E-state index contributed by atoms with van der Waals surface area (Å²) in [6.45, 7) is 0.535. The number of aliphatic hydroxyl groups is 1. The topological polar surface area (TPSA) is 86.5 Å². The Morgan fingerprint density at radius 3 is 2.31 bits per heavy atom. The summed E-state index contributed by atoms with van der Waals surface area (Å²) < 4.78 is 39.7. The first-order valence-corrected chi connectivity index (χ1v) is 7.90. The van der Waals surface area contributed by atoms with E-state index >= 15 is 0 Å². The van der Waals surface area contributed by atoms with Gasteiger partial charge in [-0.1, -0.05) is 18.2 Å². The number of nitrogens with zero attached hydrogens (tertiary/aromatic N) is 3. The normalized spacial score (nSPS) is 17.2. The standard InChI is InChI=1S/C17H16F3N3O3/c18-17(19,20)12-4-2-1-3-11(12)16(26)5-7-23(8-6-16)14-10-21-13(9-22-14)15(24)25/h1-4,9-10,26H,5-8H2,(H,24,25). The molecule has 2 aromatic rings. The second-order valence-electron chi connectivity index (χ2n) is 6.13. The molecular weight excluding hydrogens is 351 g/mol. The lowest BCUT2D eigenvalue weighted by atomic mass is 9.82. The summed E-state index contributed by atoms with van der Waals surface area (Å²) in [6, 6.07) is 5.05. The van der Waals surface area contributed by atoms with E-state index in [1.807, 2.05) is 0 Å². The Balaban J connectivity index is 1.78. The number of anilines is 1. The second kappa shape index (κ2) is 6.56. The monoisotopic (exact) mass is 367 g/mol. The number of rotatable bonds is 3. The van der Waals surface area contributed by atoms with Crippen LogP contribution >= 0.6 is 0 Å². The van der Waals surface area contributed by atoms with Crippen LogP contribution in [0.5, 0.6) is 0 Å². The zero-order valence-corrected chi connectivity index (χ0v) is 13.6. The summed E-state index contributed by atoms with van der Waals surface area (Å²) in [5, 5.41) is 19.7. The Hall–Kier alpha value is -2.68. The molecule has 1 aromatic carbocycles. The van der Waals surface area contributed by atoms with E-state index in [9.17, 15) is 23.1 Å². The van der Waals surface area contributed by atoms with Gasteiger partial charge in [-0.15, -0.1) is 0 Å². The zero-order chi connectivity index (χ0) is 18.9. The smallest absolute Gasteiger partial charge is 0.416 e. The van der Waals surface area contributed by atoms with Gasteiger partial charge in [0, 0.05) is 13.1 Å². The van der Waals surface area contributed by atoms with Gasteiger partial charge in [0.1, 0.15) is 5.82 Å². The molecule has 9 heteroatoms. The minimum atomic E-state index is -4.54. The predicted octanol–water partition coefficient (Wildman–Crippen LogP) is 2.68. The van der Waals surface area contributed by atoms with E-state index in [1.54, 1.807) is 4.90 Å². The number of carboxylic acid groups (broad SMARTS) is 1. The van der Waals surface area contributed by atoms with Gasteiger partial charge in [0.15, 0.2) is 5.69 Å². The van der Waals surface area contributed by atoms with Crippen LogP contribution in [0.25, 0.3) is 0 Å². The van der Waals surface area contributed by atoms with Crippen LogP contribution in [-0.2, 0) is 11.8 Å². The fraction of sp³-hybridized carbons (Fsp3) is 0.353. The van der Waals surface area contributed by atoms with Crippen LogP contribution in [-0.4, -0.2) is 39.2 Å². The molecule has 1 saturated heterocycles. The van der Waals surface area contributed by atoms with Gasteiger partial charge in [-0.2, -0.15) is 13.2 Å². The van der Waals surface area contributed by atoms with E-state index in [2.05, 4.69) is 9.97 Å². The molecule has 26 heavy (non-hydrogen) atoms. The third-order valence-electron chi connectivity index (χ3n) is 4.51. The van der Waals surface area contributed by atoms with Crippen molar-refractivity contribution in [2.24, 2.45) is 0 Å². The molecule has 6 nitrogen and oxygen atoms in total.